The van der Waals surface area contributed by atoms with Crippen molar-refractivity contribution in [1.82, 2.24) is 4.98 Å². The molecule has 2 N–H and O–H groups in total. The molecule has 0 bridgehead atoms. The van der Waals surface area contributed by atoms with Gasteiger partial charge in [0.2, 0.25) is 0 Å². The van der Waals surface area contributed by atoms with Crippen LogP contribution in [0.5, 0.6) is 11.5 Å². The van der Waals surface area contributed by atoms with Crippen LogP contribution in [0.15, 0.2) is 47.4 Å². The number of nitrogens with one attached hydrogen (secondary N) is 1. The number of ether oxygens (including phenoxy) is 2. The molecule has 3 aromatic rings. The van der Waals surface area contributed by atoms with Gasteiger partial charge in [-0.05, 0) is 37.3 Å². The Bertz CT molecular complexity index is 1150. The summed E-state index contributed by atoms with van der Waals surface area (Å²) in [5.41, 5.74) is 1.54. The molecule has 0 unspecified atom stereocenters. The van der Waals surface area contributed by atoms with Crippen molar-refractivity contribution in [2.24, 2.45) is 0 Å². The first kappa shape index (κ1) is 18.3. The average Bonchev–Trinajstić information content (AvgIpc) is 3.12. The van der Waals surface area contributed by atoms with E-state index in [1.54, 1.807) is 24.3 Å². The fraction of sp³-hybridized carbons (Fsp3) is 0.211. The minimum atomic E-state index is -3.92. The number of hydrogen-bond acceptors (Lipinski definition) is 6. The zero-order valence-electron chi connectivity index (χ0n) is 14.8. The number of hydrogen-bond donors (Lipinski definition) is 2. The Morgan fingerprint density at radius 2 is 2.00 bits per heavy atom. The van der Waals surface area contributed by atoms with Crippen LogP contribution < -0.4 is 9.47 Å². The molecule has 2 heterocycles. The standard InChI is InChI=1S/C19H17NO7S/c1-11-2-4-13(5-3-11)28(23,24)26-10-12-9-25-17-7-6-15-14(18(17)27-12)8-16(20-15)19(21)22/h2-8,12,20H,9-10H2,1H3,(H,21,22)/t12-/m0/s1. The van der Waals surface area contributed by atoms with Gasteiger partial charge in [-0.15, -0.1) is 0 Å². The van der Waals surface area contributed by atoms with Crippen LogP contribution in [-0.4, -0.2) is 43.8 Å². The number of aryl methyl sites for hydroxylation is 1. The Balaban J connectivity index is 1.53. The third-order valence-corrected chi connectivity index (χ3v) is 5.67. The predicted octanol–water partition coefficient (Wildman–Crippen LogP) is 2.72. The van der Waals surface area contributed by atoms with Crippen LogP contribution in [0.25, 0.3) is 10.9 Å². The SMILES string of the molecule is Cc1ccc(S(=O)(=O)OC[C@@H]2COc3ccc4[nH]c(C(=O)O)cc4c3O2)cc1. The third kappa shape index (κ3) is 3.41. The van der Waals surface area contributed by atoms with Crippen molar-refractivity contribution in [2.45, 2.75) is 17.9 Å². The molecule has 0 saturated carbocycles. The van der Waals surface area contributed by atoms with E-state index < -0.39 is 22.2 Å². The molecular formula is C19H17NO7S. The van der Waals surface area contributed by atoms with Gasteiger partial charge in [0.1, 0.15) is 18.9 Å². The van der Waals surface area contributed by atoms with Gasteiger partial charge in [-0.3, -0.25) is 4.18 Å². The topological polar surface area (TPSA) is 115 Å². The lowest BCUT2D eigenvalue weighted by atomic mass is 10.2. The summed E-state index contributed by atoms with van der Waals surface area (Å²) < 4.78 is 41.3. The predicted molar refractivity (Wildman–Crippen MR) is 99.5 cm³/mol. The Hall–Kier alpha value is -3.04. The zero-order valence-corrected chi connectivity index (χ0v) is 15.7. The fourth-order valence-electron chi connectivity index (χ4n) is 2.91. The summed E-state index contributed by atoms with van der Waals surface area (Å²) in [7, 11) is -3.92. The molecule has 1 aromatic heterocycles. The van der Waals surface area contributed by atoms with Crippen molar-refractivity contribution in [3.63, 3.8) is 0 Å². The molecule has 2 aromatic carbocycles. The number of aromatic carboxylic acids is 1. The minimum absolute atomic E-state index is 0.0207. The summed E-state index contributed by atoms with van der Waals surface area (Å²) in [6, 6.07) is 11.2. The Morgan fingerprint density at radius 3 is 2.71 bits per heavy atom. The van der Waals surface area contributed by atoms with Gasteiger partial charge >= 0.3 is 5.97 Å². The molecule has 1 aliphatic rings. The molecule has 28 heavy (non-hydrogen) atoms. The van der Waals surface area contributed by atoms with E-state index in [0.29, 0.717) is 22.4 Å². The number of aromatic amines is 1. The molecule has 1 aliphatic heterocycles. The largest absolute Gasteiger partial charge is 0.486 e. The highest BCUT2D eigenvalue weighted by molar-refractivity contribution is 7.86. The lowest BCUT2D eigenvalue weighted by Crippen LogP contribution is -2.34. The van der Waals surface area contributed by atoms with E-state index in [1.807, 2.05) is 6.92 Å². The molecular weight excluding hydrogens is 386 g/mol. The highest BCUT2D eigenvalue weighted by Gasteiger charge is 2.27. The summed E-state index contributed by atoms with van der Waals surface area (Å²) in [5.74, 6) is -0.277. The zero-order chi connectivity index (χ0) is 19.9. The number of carboxylic acids is 1. The maximum atomic E-state index is 12.3. The third-order valence-electron chi connectivity index (χ3n) is 4.38. The summed E-state index contributed by atoms with van der Waals surface area (Å²) >= 11 is 0. The number of H-pyrrole nitrogens is 1. The van der Waals surface area contributed by atoms with Crippen LogP contribution in [0.2, 0.25) is 0 Å². The summed E-state index contributed by atoms with van der Waals surface area (Å²) in [4.78, 5) is 14.0. The summed E-state index contributed by atoms with van der Waals surface area (Å²) in [6.45, 7) is 1.74. The summed E-state index contributed by atoms with van der Waals surface area (Å²) in [6.07, 6.45) is -0.665. The van der Waals surface area contributed by atoms with E-state index in [-0.39, 0.29) is 23.8 Å². The lowest BCUT2D eigenvalue weighted by molar-refractivity contribution is 0.0571. The number of benzene rings is 2. The summed E-state index contributed by atoms with van der Waals surface area (Å²) in [5, 5.41) is 9.69. The second-order valence-corrected chi connectivity index (χ2v) is 8.06. The van der Waals surface area contributed by atoms with Gasteiger partial charge in [-0.1, -0.05) is 17.7 Å². The molecule has 0 saturated heterocycles. The van der Waals surface area contributed by atoms with Gasteiger partial charge < -0.3 is 19.6 Å². The molecule has 0 radical (unpaired) electrons. The van der Waals surface area contributed by atoms with Crippen LogP contribution >= 0.6 is 0 Å². The smallest absolute Gasteiger partial charge is 0.352 e. The van der Waals surface area contributed by atoms with Crippen molar-refractivity contribution in [3.05, 3.63) is 53.7 Å². The van der Waals surface area contributed by atoms with Gasteiger partial charge in [0.05, 0.1) is 10.4 Å². The first-order chi connectivity index (χ1) is 13.3. The highest BCUT2D eigenvalue weighted by atomic mass is 32.2. The second-order valence-electron chi connectivity index (χ2n) is 6.44. The van der Waals surface area contributed by atoms with Gasteiger partial charge in [-0.2, -0.15) is 8.42 Å². The normalized spacial score (nSPS) is 16.2. The first-order valence-corrected chi connectivity index (χ1v) is 9.89. The van der Waals surface area contributed by atoms with Crippen LogP contribution in [0, 0.1) is 6.92 Å². The number of carbonyl (C=O) groups is 1. The second kappa shape index (κ2) is 6.84. The van der Waals surface area contributed by atoms with Gasteiger partial charge in [0.15, 0.2) is 17.6 Å². The van der Waals surface area contributed by atoms with Gasteiger partial charge in [0.25, 0.3) is 10.1 Å². The molecule has 146 valence electrons. The number of rotatable bonds is 5. The Labute approximate surface area is 160 Å². The van der Waals surface area contributed by atoms with Crippen molar-refractivity contribution in [2.75, 3.05) is 13.2 Å². The molecule has 8 nitrogen and oxygen atoms in total. The number of carboxylic acid groups (broad SMARTS) is 1. The molecule has 0 amide bonds. The fourth-order valence-corrected chi connectivity index (χ4v) is 3.85. The maximum Gasteiger partial charge on any atom is 0.352 e. The Kier molecular flexibility index (Phi) is 4.48. The van der Waals surface area contributed by atoms with Crippen LogP contribution in [-0.2, 0) is 14.3 Å². The number of fused-ring (bicyclic) bond motifs is 3. The van der Waals surface area contributed by atoms with E-state index in [4.69, 9.17) is 18.8 Å². The van der Waals surface area contributed by atoms with Crippen molar-refractivity contribution < 1.29 is 32.0 Å². The monoisotopic (exact) mass is 403 g/mol. The molecule has 1 atom stereocenters. The average molecular weight is 403 g/mol. The van der Waals surface area contributed by atoms with E-state index >= 15 is 0 Å². The van der Waals surface area contributed by atoms with Crippen molar-refractivity contribution in [1.29, 1.82) is 0 Å². The van der Waals surface area contributed by atoms with E-state index in [1.165, 1.54) is 18.2 Å². The minimum Gasteiger partial charge on any atom is -0.486 e. The maximum absolute atomic E-state index is 12.3. The van der Waals surface area contributed by atoms with Crippen molar-refractivity contribution in [3.8, 4) is 11.5 Å². The van der Waals surface area contributed by atoms with Gasteiger partial charge in [-0.25, -0.2) is 4.79 Å². The Morgan fingerprint density at radius 1 is 1.25 bits per heavy atom. The number of aromatic nitrogens is 1. The molecule has 0 spiro atoms. The molecule has 4 rings (SSSR count). The first-order valence-electron chi connectivity index (χ1n) is 8.48. The lowest BCUT2D eigenvalue weighted by Gasteiger charge is -2.26. The highest BCUT2D eigenvalue weighted by Crippen LogP contribution is 2.39. The van der Waals surface area contributed by atoms with Gasteiger partial charge in [0, 0.05) is 5.39 Å². The molecule has 0 aliphatic carbocycles. The van der Waals surface area contributed by atoms with Crippen LogP contribution in [0.1, 0.15) is 16.1 Å². The van der Waals surface area contributed by atoms with E-state index in [9.17, 15) is 13.2 Å². The van der Waals surface area contributed by atoms with E-state index in [2.05, 4.69) is 4.98 Å². The quantitative estimate of drug-likeness (QED) is 0.630. The van der Waals surface area contributed by atoms with Crippen molar-refractivity contribution >= 4 is 27.0 Å². The van der Waals surface area contributed by atoms with E-state index in [0.717, 1.165) is 5.56 Å². The molecule has 9 heteroatoms. The van der Waals surface area contributed by atoms with Crippen LogP contribution in [0.4, 0.5) is 0 Å². The van der Waals surface area contributed by atoms with Crippen LogP contribution in [0.3, 0.4) is 0 Å². The molecule has 0 fully saturated rings.